The van der Waals surface area contributed by atoms with Gasteiger partial charge in [0.25, 0.3) is 0 Å². The molecule has 2 aromatic rings. The zero-order valence-electron chi connectivity index (χ0n) is 17.9. The molecule has 1 N–H and O–H groups in total. The summed E-state index contributed by atoms with van der Waals surface area (Å²) in [5.41, 5.74) is 1.71. The summed E-state index contributed by atoms with van der Waals surface area (Å²) in [5.74, 6) is -0.0717. The van der Waals surface area contributed by atoms with Gasteiger partial charge in [-0.15, -0.1) is 0 Å². The van der Waals surface area contributed by atoms with Gasteiger partial charge in [-0.05, 0) is 92.7 Å². The number of ether oxygens (including phenoxy) is 1. The summed E-state index contributed by atoms with van der Waals surface area (Å²) in [7, 11) is 1.69. The van der Waals surface area contributed by atoms with Crippen LogP contribution in [-0.2, 0) is 4.79 Å². The fourth-order valence-corrected chi connectivity index (χ4v) is 3.94. The summed E-state index contributed by atoms with van der Waals surface area (Å²) in [6.45, 7) is 3.80. The lowest BCUT2D eigenvalue weighted by atomic mass is 9.89. The summed E-state index contributed by atoms with van der Waals surface area (Å²) >= 11 is 0. The van der Waals surface area contributed by atoms with Crippen molar-refractivity contribution in [3.8, 4) is 5.75 Å². The second-order valence-electron chi connectivity index (χ2n) is 7.92. The Morgan fingerprint density at radius 1 is 1.10 bits per heavy atom. The third-order valence-corrected chi connectivity index (χ3v) is 5.69. The number of halogens is 2. The quantitative estimate of drug-likeness (QED) is 0.462. The van der Waals surface area contributed by atoms with Crippen LogP contribution in [0.2, 0.25) is 0 Å². The van der Waals surface area contributed by atoms with Gasteiger partial charge in [0, 0.05) is 18.7 Å². The number of rotatable bonds is 9. The molecule has 1 fully saturated rings. The van der Waals surface area contributed by atoms with E-state index < -0.39 is 11.6 Å². The van der Waals surface area contributed by atoms with Crippen molar-refractivity contribution < 1.29 is 18.3 Å². The van der Waals surface area contributed by atoms with E-state index in [1.807, 2.05) is 12.1 Å². The first-order valence-electron chi connectivity index (χ1n) is 10.8. The highest BCUT2D eigenvalue weighted by molar-refractivity contribution is 5.91. The molecule has 0 bridgehead atoms. The Labute approximate surface area is 182 Å². The van der Waals surface area contributed by atoms with E-state index in [0.717, 1.165) is 57.1 Å². The summed E-state index contributed by atoms with van der Waals surface area (Å²) < 4.78 is 31.5. The van der Waals surface area contributed by atoms with Crippen molar-refractivity contribution in [2.45, 2.75) is 31.6 Å². The molecule has 3 rings (SSSR count). The van der Waals surface area contributed by atoms with Crippen molar-refractivity contribution in [2.75, 3.05) is 33.3 Å². The van der Waals surface area contributed by atoms with Gasteiger partial charge in [0.1, 0.15) is 17.4 Å². The van der Waals surface area contributed by atoms with Crippen molar-refractivity contribution in [3.05, 3.63) is 71.3 Å². The van der Waals surface area contributed by atoms with Gasteiger partial charge < -0.3 is 15.0 Å². The maximum absolute atomic E-state index is 13.1. The molecule has 0 aromatic heterocycles. The Kier molecular flexibility index (Phi) is 8.59. The lowest BCUT2D eigenvalue weighted by Gasteiger charge is -2.32. The summed E-state index contributed by atoms with van der Waals surface area (Å²) in [5, 5.41) is 2.82. The molecule has 0 atom stereocenters. The van der Waals surface area contributed by atoms with E-state index in [9.17, 15) is 13.6 Å². The number of nitrogens with zero attached hydrogens (tertiary/aromatic N) is 1. The second-order valence-corrected chi connectivity index (χ2v) is 7.92. The van der Waals surface area contributed by atoms with Gasteiger partial charge in [0.15, 0.2) is 0 Å². The molecule has 0 saturated carbocycles. The van der Waals surface area contributed by atoms with Crippen LogP contribution in [0.15, 0.2) is 48.5 Å². The van der Waals surface area contributed by atoms with E-state index >= 15 is 0 Å². The van der Waals surface area contributed by atoms with Gasteiger partial charge in [0.2, 0.25) is 5.91 Å². The van der Waals surface area contributed by atoms with E-state index in [1.165, 1.54) is 29.8 Å². The third-order valence-electron chi connectivity index (χ3n) is 5.69. The molecule has 0 aliphatic carbocycles. The second kappa shape index (κ2) is 11.6. The maximum Gasteiger partial charge on any atom is 0.243 e. The molecule has 4 nitrogen and oxygen atoms in total. The van der Waals surface area contributed by atoms with E-state index in [0.29, 0.717) is 18.0 Å². The molecule has 166 valence electrons. The lowest BCUT2D eigenvalue weighted by molar-refractivity contribution is -0.116. The van der Waals surface area contributed by atoms with Crippen LogP contribution < -0.4 is 10.1 Å². The molecule has 0 radical (unpaired) electrons. The molecule has 6 heteroatoms. The van der Waals surface area contributed by atoms with E-state index in [1.54, 1.807) is 7.11 Å². The molecule has 1 aliphatic rings. The van der Waals surface area contributed by atoms with Gasteiger partial charge in [-0.3, -0.25) is 4.79 Å². The van der Waals surface area contributed by atoms with Crippen LogP contribution in [0.4, 0.5) is 8.78 Å². The Morgan fingerprint density at radius 2 is 1.77 bits per heavy atom. The fourth-order valence-electron chi connectivity index (χ4n) is 3.94. The third kappa shape index (κ3) is 7.47. The van der Waals surface area contributed by atoms with Crippen molar-refractivity contribution in [1.82, 2.24) is 10.2 Å². The number of likely N-dealkylation sites (tertiary alicyclic amines) is 1. The van der Waals surface area contributed by atoms with Crippen LogP contribution in [-0.4, -0.2) is 44.1 Å². The van der Waals surface area contributed by atoms with E-state index in [2.05, 4.69) is 22.3 Å². The maximum atomic E-state index is 13.1. The van der Waals surface area contributed by atoms with Crippen molar-refractivity contribution in [2.24, 2.45) is 0 Å². The molecular weight excluding hydrogens is 398 g/mol. The molecule has 1 saturated heterocycles. The first-order chi connectivity index (χ1) is 15.0. The highest BCUT2D eigenvalue weighted by atomic mass is 19.1. The highest BCUT2D eigenvalue weighted by Crippen LogP contribution is 2.29. The number of piperidine rings is 1. The first kappa shape index (κ1) is 22.9. The monoisotopic (exact) mass is 428 g/mol. The smallest absolute Gasteiger partial charge is 0.243 e. The minimum absolute atomic E-state index is 0.259. The van der Waals surface area contributed by atoms with Gasteiger partial charge in [0.05, 0.1) is 7.11 Å². The molecule has 1 heterocycles. The number of amides is 1. The minimum Gasteiger partial charge on any atom is -0.497 e. The Hall–Kier alpha value is -2.73. The molecule has 1 aliphatic heterocycles. The minimum atomic E-state index is -0.659. The van der Waals surface area contributed by atoms with Crippen molar-refractivity contribution in [1.29, 1.82) is 0 Å². The van der Waals surface area contributed by atoms with Gasteiger partial charge in [-0.2, -0.15) is 0 Å². The zero-order valence-corrected chi connectivity index (χ0v) is 17.9. The van der Waals surface area contributed by atoms with Crippen LogP contribution in [0, 0.1) is 11.6 Å². The SMILES string of the molecule is COc1ccc(C2CCN(CCCCNC(=O)/C=C/c3cc(F)cc(F)c3)CC2)cc1. The molecule has 0 unspecified atom stereocenters. The lowest BCUT2D eigenvalue weighted by Crippen LogP contribution is -2.34. The number of methoxy groups -OCH3 is 1. The number of nitrogens with one attached hydrogen (secondary N) is 1. The first-order valence-corrected chi connectivity index (χ1v) is 10.8. The van der Waals surface area contributed by atoms with Gasteiger partial charge in [-0.25, -0.2) is 8.78 Å². The van der Waals surface area contributed by atoms with Crippen molar-refractivity contribution in [3.63, 3.8) is 0 Å². The average Bonchev–Trinajstić information content (AvgIpc) is 2.77. The molecule has 31 heavy (non-hydrogen) atoms. The number of unbranched alkanes of at least 4 members (excludes halogenated alkanes) is 1. The number of carbonyl (C=O) groups excluding carboxylic acids is 1. The summed E-state index contributed by atoms with van der Waals surface area (Å²) in [6.07, 6.45) is 6.95. The average molecular weight is 429 g/mol. The normalized spacial score (nSPS) is 15.3. The number of carbonyl (C=O) groups is 1. The fraction of sp³-hybridized carbons (Fsp3) is 0.400. The zero-order chi connectivity index (χ0) is 22.1. The number of hydrogen-bond acceptors (Lipinski definition) is 3. The Morgan fingerprint density at radius 3 is 2.42 bits per heavy atom. The molecule has 1 amide bonds. The Balaban J connectivity index is 1.29. The topological polar surface area (TPSA) is 41.6 Å². The van der Waals surface area contributed by atoms with Crippen LogP contribution in [0.25, 0.3) is 6.08 Å². The predicted octanol–water partition coefficient (Wildman–Crippen LogP) is 4.76. The van der Waals surface area contributed by atoms with Gasteiger partial charge in [-0.1, -0.05) is 12.1 Å². The van der Waals surface area contributed by atoms with Crippen LogP contribution >= 0.6 is 0 Å². The number of hydrogen-bond donors (Lipinski definition) is 1. The number of benzene rings is 2. The van der Waals surface area contributed by atoms with Crippen LogP contribution in [0.1, 0.15) is 42.7 Å². The Bertz CT molecular complexity index is 855. The predicted molar refractivity (Wildman–Crippen MR) is 119 cm³/mol. The summed E-state index contributed by atoms with van der Waals surface area (Å²) in [4.78, 5) is 14.3. The van der Waals surface area contributed by atoms with Gasteiger partial charge >= 0.3 is 0 Å². The highest BCUT2D eigenvalue weighted by Gasteiger charge is 2.20. The molecule has 2 aromatic carbocycles. The molecule has 0 spiro atoms. The van der Waals surface area contributed by atoms with E-state index in [4.69, 9.17) is 4.74 Å². The van der Waals surface area contributed by atoms with E-state index in [-0.39, 0.29) is 5.91 Å². The standard InChI is InChI=1S/C25H30F2N2O2/c1-31-24-7-5-20(6-8-24)21-10-14-29(15-11-21)13-3-2-12-28-25(30)9-4-19-16-22(26)18-23(27)17-19/h4-9,16-18,21H,2-3,10-15H2,1H3,(H,28,30)/b9-4+. The molecular formula is C25H30F2N2O2. The van der Waals surface area contributed by atoms with Crippen LogP contribution in [0.5, 0.6) is 5.75 Å². The van der Waals surface area contributed by atoms with Crippen LogP contribution in [0.3, 0.4) is 0 Å². The largest absolute Gasteiger partial charge is 0.497 e. The van der Waals surface area contributed by atoms with Crippen molar-refractivity contribution >= 4 is 12.0 Å². The summed E-state index contributed by atoms with van der Waals surface area (Å²) in [6, 6.07) is 11.6.